The van der Waals surface area contributed by atoms with Crippen LogP contribution in [0.4, 0.5) is 5.69 Å². The fourth-order valence-electron chi connectivity index (χ4n) is 3.03. The summed E-state index contributed by atoms with van der Waals surface area (Å²) in [7, 11) is 0. The number of thiophene rings is 1. The van der Waals surface area contributed by atoms with Crippen molar-refractivity contribution in [3.63, 3.8) is 0 Å². The monoisotopic (exact) mass is 452 g/mol. The first-order valence-corrected chi connectivity index (χ1v) is 11.1. The van der Waals surface area contributed by atoms with Crippen LogP contribution >= 0.6 is 22.7 Å². The molecule has 0 aliphatic carbocycles. The number of anilines is 1. The van der Waals surface area contributed by atoms with Crippen molar-refractivity contribution >= 4 is 50.5 Å². The number of esters is 1. The van der Waals surface area contributed by atoms with E-state index < -0.39 is 18.0 Å². The second kappa shape index (κ2) is 8.01. The molecular weight excluding hydrogens is 436 g/mol. The third-order valence-electron chi connectivity index (χ3n) is 4.60. The fraction of sp³-hybridized carbons (Fsp3) is 0.136. The summed E-state index contributed by atoms with van der Waals surface area (Å²) in [4.78, 5) is 30.9. The van der Waals surface area contributed by atoms with E-state index >= 15 is 0 Å². The van der Waals surface area contributed by atoms with Crippen molar-refractivity contribution in [1.29, 1.82) is 0 Å². The van der Waals surface area contributed by atoms with Crippen LogP contribution in [0.3, 0.4) is 0 Å². The van der Waals surface area contributed by atoms with E-state index in [-0.39, 0.29) is 6.79 Å². The quantitative estimate of drug-likeness (QED) is 0.432. The average molecular weight is 453 g/mol. The van der Waals surface area contributed by atoms with E-state index in [0.29, 0.717) is 22.1 Å². The van der Waals surface area contributed by atoms with Gasteiger partial charge in [-0.3, -0.25) is 4.79 Å². The molecule has 9 heteroatoms. The van der Waals surface area contributed by atoms with E-state index in [1.807, 2.05) is 30.3 Å². The van der Waals surface area contributed by atoms with Crippen molar-refractivity contribution in [3.8, 4) is 21.4 Å². The lowest BCUT2D eigenvalue weighted by atomic mass is 10.2. The molecule has 1 amide bonds. The van der Waals surface area contributed by atoms with E-state index in [1.165, 1.54) is 18.3 Å². The summed E-state index contributed by atoms with van der Waals surface area (Å²) >= 11 is 2.86. The van der Waals surface area contributed by atoms with Crippen LogP contribution in [0.25, 0.3) is 20.1 Å². The molecule has 1 aliphatic heterocycles. The van der Waals surface area contributed by atoms with Crippen LogP contribution in [0, 0.1) is 0 Å². The summed E-state index contributed by atoms with van der Waals surface area (Å²) in [5.74, 6) is 0.198. The predicted molar refractivity (Wildman–Crippen MR) is 119 cm³/mol. The number of nitrogens with one attached hydrogen (secondary N) is 1. The Morgan fingerprint density at radius 1 is 1.06 bits per heavy atom. The molecule has 2 aromatic heterocycles. The van der Waals surface area contributed by atoms with E-state index in [2.05, 4.69) is 10.3 Å². The number of hydrogen-bond donors (Lipinski definition) is 1. The van der Waals surface area contributed by atoms with Crippen LogP contribution in [-0.4, -0.2) is 29.8 Å². The second-order valence-electron chi connectivity index (χ2n) is 6.76. The first-order chi connectivity index (χ1) is 15.1. The highest BCUT2D eigenvalue weighted by Gasteiger charge is 2.22. The highest BCUT2D eigenvalue weighted by molar-refractivity contribution is 7.26. The normalized spacial score (nSPS) is 13.2. The second-order valence-corrected chi connectivity index (χ2v) is 8.87. The summed E-state index contributed by atoms with van der Waals surface area (Å²) in [6, 6.07) is 16.5. The zero-order valence-electron chi connectivity index (χ0n) is 16.3. The van der Waals surface area contributed by atoms with Gasteiger partial charge >= 0.3 is 5.97 Å². The van der Waals surface area contributed by atoms with Crippen molar-refractivity contribution in [2.75, 3.05) is 12.1 Å². The first kappa shape index (κ1) is 19.5. The van der Waals surface area contributed by atoms with Gasteiger partial charge in [-0.25, -0.2) is 9.78 Å². The molecule has 0 spiro atoms. The Morgan fingerprint density at radius 3 is 2.77 bits per heavy atom. The van der Waals surface area contributed by atoms with Gasteiger partial charge in [-0.15, -0.1) is 22.7 Å². The number of thiazole rings is 1. The van der Waals surface area contributed by atoms with Crippen LogP contribution in [0.1, 0.15) is 16.6 Å². The third kappa shape index (κ3) is 3.97. The summed E-state index contributed by atoms with van der Waals surface area (Å²) in [6.45, 7) is 1.68. The largest absolute Gasteiger partial charge is 0.454 e. The van der Waals surface area contributed by atoms with Crippen molar-refractivity contribution in [2.24, 2.45) is 0 Å². The molecule has 0 fully saturated rings. The van der Waals surface area contributed by atoms with Gasteiger partial charge in [0, 0.05) is 11.8 Å². The van der Waals surface area contributed by atoms with E-state index in [1.54, 1.807) is 35.6 Å². The number of hydrogen-bond acceptors (Lipinski definition) is 8. The topological polar surface area (TPSA) is 86.8 Å². The third-order valence-corrected chi connectivity index (χ3v) is 6.88. The molecule has 1 atom stereocenters. The molecule has 1 aliphatic rings. The first-order valence-electron chi connectivity index (χ1n) is 9.44. The minimum Gasteiger partial charge on any atom is -0.454 e. The van der Waals surface area contributed by atoms with Gasteiger partial charge in [0.05, 0.1) is 15.1 Å². The van der Waals surface area contributed by atoms with Crippen molar-refractivity contribution in [3.05, 3.63) is 59.5 Å². The lowest BCUT2D eigenvalue weighted by Gasteiger charge is -2.13. The number of fused-ring (bicyclic) bond motifs is 2. The summed E-state index contributed by atoms with van der Waals surface area (Å²) in [5.41, 5.74) is 1.46. The number of amides is 1. The van der Waals surface area contributed by atoms with Gasteiger partial charge in [0.1, 0.15) is 9.88 Å². The Hall–Kier alpha value is -3.43. The maximum atomic E-state index is 12.5. The van der Waals surface area contributed by atoms with Crippen molar-refractivity contribution in [2.45, 2.75) is 13.0 Å². The Kier molecular flexibility index (Phi) is 5.05. The molecule has 3 heterocycles. The van der Waals surface area contributed by atoms with Crippen molar-refractivity contribution in [1.82, 2.24) is 4.98 Å². The number of rotatable bonds is 5. The number of benzene rings is 2. The molecule has 2 aromatic carbocycles. The Labute approximate surface area is 185 Å². The SMILES string of the molecule is CC(OC(=O)c1ccc(-c2nc3ccccc3s2)s1)C(=O)Nc1ccc2c(c1)OCO2. The summed E-state index contributed by atoms with van der Waals surface area (Å²) in [5, 5.41) is 3.56. The van der Waals surface area contributed by atoms with Gasteiger partial charge in [0.25, 0.3) is 5.91 Å². The molecule has 0 saturated carbocycles. The number of ether oxygens (including phenoxy) is 3. The van der Waals surface area contributed by atoms with Crippen LogP contribution in [0.15, 0.2) is 54.6 Å². The van der Waals surface area contributed by atoms with Crippen molar-refractivity contribution < 1.29 is 23.8 Å². The zero-order valence-corrected chi connectivity index (χ0v) is 17.9. The molecule has 31 heavy (non-hydrogen) atoms. The number of nitrogens with zero attached hydrogens (tertiary/aromatic N) is 1. The molecule has 1 N–H and O–H groups in total. The fourth-order valence-corrected chi connectivity index (χ4v) is 4.94. The maximum absolute atomic E-state index is 12.5. The molecule has 0 bridgehead atoms. The molecule has 0 radical (unpaired) electrons. The average Bonchev–Trinajstić information content (AvgIpc) is 3.51. The van der Waals surface area contributed by atoms with Gasteiger partial charge < -0.3 is 19.5 Å². The Bertz CT molecular complexity index is 1260. The molecule has 156 valence electrons. The summed E-state index contributed by atoms with van der Waals surface area (Å²) in [6.07, 6.45) is -0.967. The minimum atomic E-state index is -0.967. The summed E-state index contributed by atoms with van der Waals surface area (Å²) < 4.78 is 17.0. The maximum Gasteiger partial charge on any atom is 0.349 e. The molecule has 4 aromatic rings. The van der Waals surface area contributed by atoms with Crippen LogP contribution in [-0.2, 0) is 9.53 Å². The van der Waals surface area contributed by atoms with Gasteiger partial charge in [-0.1, -0.05) is 12.1 Å². The highest BCUT2D eigenvalue weighted by Crippen LogP contribution is 2.35. The smallest absolute Gasteiger partial charge is 0.349 e. The van der Waals surface area contributed by atoms with Crippen LogP contribution < -0.4 is 14.8 Å². The van der Waals surface area contributed by atoms with Gasteiger partial charge in [-0.2, -0.15) is 0 Å². The molecular formula is C22H16N2O5S2. The molecule has 0 saturated heterocycles. The van der Waals surface area contributed by atoms with Gasteiger partial charge in [-0.05, 0) is 43.3 Å². The highest BCUT2D eigenvalue weighted by atomic mass is 32.1. The standard InChI is InChI=1S/C22H16N2O5S2/c1-12(20(25)23-13-6-7-15-16(10-13)28-11-27-15)29-22(26)19-9-8-18(30-19)21-24-14-4-2-3-5-17(14)31-21/h2-10,12H,11H2,1H3,(H,23,25). The van der Waals surface area contributed by atoms with E-state index in [0.717, 1.165) is 20.1 Å². The van der Waals surface area contributed by atoms with Crippen LogP contribution in [0.5, 0.6) is 11.5 Å². The van der Waals surface area contributed by atoms with E-state index in [4.69, 9.17) is 14.2 Å². The number of carbonyl (C=O) groups excluding carboxylic acids is 2. The molecule has 1 unspecified atom stereocenters. The zero-order chi connectivity index (χ0) is 21.4. The predicted octanol–water partition coefficient (Wildman–Crippen LogP) is 4.94. The number of carbonyl (C=O) groups is 2. The van der Waals surface area contributed by atoms with Gasteiger partial charge in [0.2, 0.25) is 6.79 Å². The van der Waals surface area contributed by atoms with Crippen LogP contribution in [0.2, 0.25) is 0 Å². The van der Waals surface area contributed by atoms with Gasteiger partial charge in [0.15, 0.2) is 17.6 Å². The number of aromatic nitrogens is 1. The Balaban J connectivity index is 1.24. The van der Waals surface area contributed by atoms with E-state index in [9.17, 15) is 9.59 Å². The Morgan fingerprint density at radius 2 is 1.90 bits per heavy atom. The molecule has 5 rings (SSSR count). The number of para-hydroxylation sites is 1. The minimum absolute atomic E-state index is 0.153. The molecule has 7 nitrogen and oxygen atoms in total. The lowest BCUT2D eigenvalue weighted by molar-refractivity contribution is -0.123. The lowest BCUT2D eigenvalue weighted by Crippen LogP contribution is -2.29.